The number of ether oxygens (including phenoxy) is 1. The number of nitrogens with one attached hydrogen (secondary N) is 1. The summed E-state index contributed by atoms with van der Waals surface area (Å²) in [5.41, 5.74) is 0.238. The van der Waals surface area contributed by atoms with E-state index in [4.69, 9.17) is 9.15 Å². The van der Waals surface area contributed by atoms with E-state index in [-0.39, 0.29) is 5.63 Å². The lowest BCUT2D eigenvalue weighted by Gasteiger charge is -2.10. The van der Waals surface area contributed by atoms with E-state index in [0.717, 1.165) is 29.6 Å². The van der Waals surface area contributed by atoms with Crippen LogP contribution in [-0.2, 0) is 0 Å². The van der Waals surface area contributed by atoms with Gasteiger partial charge in [0.05, 0.1) is 10.8 Å². The molecule has 1 N–H and O–H groups in total. The molecule has 0 aliphatic rings. The van der Waals surface area contributed by atoms with Gasteiger partial charge in [0.25, 0.3) is 0 Å². The molecule has 0 radical (unpaired) electrons. The van der Waals surface area contributed by atoms with Gasteiger partial charge in [-0.2, -0.15) is 0 Å². The molecule has 0 bridgehead atoms. The van der Waals surface area contributed by atoms with Crippen molar-refractivity contribution in [3.05, 3.63) is 52.9 Å². The number of hydrogen-bond donors (Lipinski definition) is 1. The van der Waals surface area contributed by atoms with Gasteiger partial charge in [-0.05, 0) is 24.7 Å². The Bertz CT molecular complexity index is 823. The molecule has 0 amide bonds. The Balaban J connectivity index is 2.12. The molecule has 0 aliphatic carbocycles. The topological polar surface area (TPSA) is 51.5 Å². The summed E-state index contributed by atoms with van der Waals surface area (Å²) in [5, 5.41) is 5.51. The lowest BCUT2D eigenvalue weighted by atomic mass is 10.1. The van der Waals surface area contributed by atoms with Crippen LogP contribution < -0.4 is 15.7 Å². The third-order valence-electron chi connectivity index (χ3n) is 3.39. The van der Waals surface area contributed by atoms with E-state index in [9.17, 15) is 4.79 Å². The van der Waals surface area contributed by atoms with Gasteiger partial charge >= 0.3 is 5.63 Å². The van der Waals surface area contributed by atoms with Crippen LogP contribution in [0, 0.1) is 0 Å². The molecule has 0 spiro atoms. The molecule has 1 heterocycles. The van der Waals surface area contributed by atoms with E-state index in [1.165, 1.54) is 0 Å². The van der Waals surface area contributed by atoms with Gasteiger partial charge in [-0.25, -0.2) is 4.79 Å². The Hall–Kier alpha value is -2.33. The van der Waals surface area contributed by atoms with Gasteiger partial charge in [0.1, 0.15) is 17.9 Å². The smallest absolute Gasteiger partial charge is 0.344 e. The fraction of sp³-hybridized carbons (Fsp3) is 0.235. The molecular formula is C17H17NO3. The van der Waals surface area contributed by atoms with Gasteiger partial charge < -0.3 is 14.5 Å². The molecule has 4 heteroatoms. The van der Waals surface area contributed by atoms with Gasteiger partial charge in [-0.1, -0.05) is 31.2 Å². The van der Waals surface area contributed by atoms with Crippen molar-refractivity contribution in [3.8, 4) is 5.75 Å². The van der Waals surface area contributed by atoms with Crippen LogP contribution in [0.3, 0.4) is 0 Å². The summed E-state index contributed by atoms with van der Waals surface area (Å²) in [6.45, 7) is 4.32. The minimum atomic E-state index is -0.317. The first-order chi connectivity index (χ1) is 10.3. The van der Waals surface area contributed by atoms with E-state index in [1.807, 2.05) is 30.3 Å². The zero-order chi connectivity index (χ0) is 14.7. The molecule has 0 fully saturated rings. The standard InChI is InChI=1S/C17H17NO3/c1-2-18-10-11-20-14-8-5-9-15-16(14)12-6-3-4-7-13(12)17(19)21-15/h3-9,18H,2,10-11H2,1H3. The number of hydrogen-bond acceptors (Lipinski definition) is 4. The third-order valence-corrected chi connectivity index (χ3v) is 3.39. The van der Waals surface area contributed by atoms with E-state index in [2.05, 4.69) is 12.2 Å². The first-order valence-electron chi connectivity index (χ1n) is 7.09. The van der Waals surface area contributed by atoms with E-state index in [1.54, 1.807) is 12.1 Å². The molecule has 0 atom stereocenters. The quantitative estimate of drug-likeness (QED) is 0.444. The molecule has 2 aromatic carbocycles. The lowest BCUT2D eigenvalue weighted by Crippen LogP contribution is -2.20. The van der Waals surface area contributed by atoms with Crippen LogP contribution in [0.5, 0.6) is 5.75 Å². The molecule has 0 saturated heterocycles. The minimum absolute atomic E-state index is 0.317. The fourth-order valence-electron chi connectivity index (χ4n) is 2.43. The highest BCUT2D eigenvalue weighted by atomic mass is 16.5. The van der Waals surface area contributed by atoms with Crippen molar-refractivity contribution >= 4 is 21.7 Å². The van der Waals surface area contributed by atoms with Crippen molar-refractivity contribution < 1.29 is 9.15 Å². The number of rotatable bonds is 5. The van der Waals surface area contributed by atoms with Gasteiger partial charge in [-0.15, -0.1) is 0 Å². The monoisotopic (exact) mass is 283 g/mol. The zero-order valence-corrected chi connectivity index (χ0v) is 11.9. The average Bonchev–Trinajstić information content (AvgIpc) is 2.52. The Morgan fingerprint density at radius 3 is 2.71 bits per heavy atom. The molecule has 21 heavy (non-hydrogen) atoms. The summed E-state index contributed by atoms with van der Waals surface area (Å²) in [7, 11) is 0. The van der Waals surface area contributed by atoms with Crippen LogP contribution in [0.15, 0.2) is 51.7 Å². The Labute approximate surface area is 122 Å². The number of likely N-dealkylation sites (N-methyl/N-ethyl adjacent to an activating group) is 1. The van der Waals surface area contributed by atoms with Crippen molar-refractivity contribution in [2.75, 3.05) is 19.7 Å². The molecule has 108 valence electrons. The molecule has 0 aliphatic heterocycles. The van der Waals surface area contributed by atoms with Crippen LogP contribution in [0.2, 0.25) is 0 Å². The minimum Gasteiger partial charge on any atom is -0.491 e. The first kappa shape index (κ1) is 13.6. The van der Waals surface area contributed by atoms with Crippen molar-refractivity contribution in [3.63, 3.8) is 0 Å². The second kappa shape index (κ2) is 5.97. The second-order valence-electron chi connectivity index (χ2n) is 4.77. The normalized spacial score (nSPS) is 11.1. The summed E-state index contributed by atoms with van der Waals surface area (Å²) in [6, 6.07) is 13.0. The second-order valence-corrected chi connectivity index (χ2v) is 4.77. The van der Waals surface area contributed by atoms with Gasteiger partial charge in [-0.3, -0.25) is 0 Å². The Morgan fingerprint density at radius 2 is 1.90 bits per heavy atom. The molecule has 1 aromatic heterocycles. The first-order valence-corrected chi connectivity index (χ1v) is 7.09. The Kier molecular flexibility index (Phi) is 3.88. The summed E-state index contributed by atoms with van der Waals surface area (Å²) in [5.74, 6) is 0.741. The predicted octanol–water partition coefficient (Wildman–Crippen LogP) is 2.93. The molecule has 3 rings (SSSR count). The maximum absolute atomic E-state index is 12.0. The summed E-state index contributed by atoms with van der Waals surface area (Å²) in [6.07, 6.45) is 0. The van der Waals surface area contributed by atoms with Crippen molar-refractivity contribution in [1.29, 1.82) is 0 Å². The molecule has 3 aromatic rings. The van der Waals surface area contributed by atoms with Crippen LogP contribution >= 0.6 is 0 Å². The fourth-order valence-corrected chi connectivity index (χ4v) is 2.43. The van der Waals surface area contributed by atoms with Gasteiger partial charge in [0.2, 0.25) is 0 Å². The maximum atomic E-state index is 12.0. The SMILES string of the molecule is CCNCCOc1cccc2oc(=O)c3ccccc3c12. The maximum Gasteiger partial charge on any atom is 0.344 e. The average molecular weight is 283 g/mol. The Morgan fingerprint density at radius 1 is 1.10 bits per heavy atom. The zero-order valence-electron chi connectivity index (χ0n) is 11.9. The highest BCUT2D eigenvalue weighted by Gasteiger charge is 2.11. The lowest BCUT2D eigenvalue weighted by molar-refractivity contribution is 0.319. The van der Waals surface area contributed by atoms with E-state index < -0.39 is 0 Å². The largest absolute Gasteiger partial charge is 0.491 e. The van der Waals surface area contributed by atoms with Gasteiger partial charge in [0.15, 0.2) is 0 Å². The summed E-state index contributed by atoms with van der Waals surface area (Å²) < 4.78 is 11.2. The van der Waals surface area contributed by atoms with Crippen molar-refractivity contribution in [1.82, 2.24) is 5.32 Å². The van der Waals surface area contributed by atoms with Crippen LogP contribution in [0.1, 0.15) is 6.92 Å². The number of fused-ring (bicyclic) bond motifs is 3. The highest BCUT2D eigenvalue weighted by Crippen LogP contribution is 2.31. The molecule has 0 saturated carbocycles. The molecular weight excluding hydrogens is 266 g/mol. The van der Waals surface area contributed by atoms with Crippen LogP contribution in [0.25, 0.3) is 21.7 Å². The summed E-state index contributed by atoms with van der Waals surface area (Å²) in [4.78, 5) is 12.0. The molecule has 4 nitrogen and oxygen atoms in total. The van der Waals surface area contributed by atoms with Crippen molar-refractivity contribution in [2.45, 2.75) is 6.92 Å². The molecule has 0 unspecified atom stereocenters. The van der Waals surface area contributed by atoms with E-state index >= 15 is 0 Å². The third kappa shape index (κ3) is 2.62. The van der Waals surface area contributed by atoms with Crippen LogP contribution in [-0.4, -0.2) is 19.7 Å². The predicted molar refractivity (Wildman–Crippen MR) is 84.0 cm³/mol. The highest BCUT2D eigenvalue weighted by molar-refractivity contribution is 6.07. The van der Waals surface area contributed by atoms with Crippen molar-refractivity contribution in [2.24, 2.45) is 0 Å². The van der Waals surface area contributed by atoms with Crippen LogP contribution in [0.4, 0.5) is 0 Å². The summed E-state index contributed by atoms with van der Waals surface area (Å²) >= 11 is 0. The number of benzene rings is 2. The van der Waals surface area contributed by atoms with Gasteiger partial charge in [0, 0.05) is 11.9 Å². The van der Waals surface area contributed by atoms with E-state index in [0.29, 0.717) is 17.6 Å².